The van der Waals surface area contributed by atoms with Crippen LogP contribution in [0.2, 0.25) is 0 Å². The van der Waals surface area contributed by atoms with E-state index in [-0.39, 0.29) is 12.0 Å². The van der Waals surface area contributed by atoms with Gasteiger partial charge < -0.3 is 19.8 Å². The molecule has 3 aromatic rings. The molecule has 6 heteroatoms. The number of nitrogen functional groups attached to an aromatic ring is 1. The highest BCUT2D eigenvalue weighted by atomic mass is 16.5. The Morgan fingerprint density at radius 3 is 2.57 bits per heavy atom. The predicted molar refractivity (Wildman–Crippen MR) is 123 cm³/mol. The van der Waals surface area contributed by atoms with Crippen LogP contribution >= 0.6 is 0 Å². The van der Waals surface area contributed by atoms with Crippen molar-refractivity contribution in [3.63, 3.8) is 0 Å². The summed E-state index contributed by atoms with van der Waals surface area (Å²) in [7, 11) is 0. The van der Waals surface area contributed by atoms with Crippen LogP contribution in [0, 0.1) is 5.92 Å². The van der Waals surface area contributed by atoms with E-state index in [9.17, 15) is 4.79 Å². The number of amides is 1. The van der Waals surface area contributed by atoms with E-state index in [2.05, 4.69) is 16.8 Å². The Bertz CT molecular complexity index is 1040. The molecule has 0 atom stereocenters. The molecule has 30 heavy (non-hydrogen) atoms. The average Bonchev–Trinajstić information content (AvgIpc) is 2.97. The summed E-state index contributed by atoms with van der Waals surface area (Å²) in [4.78, 5) is 12.0. The second-order valence-corrected chi connectivity index (χ2v) is 8.05. The largest absolute Gasteiger partial charge is 0.491 e. The molecule has 3 N–H and O–H groups in total. The van der Waals surface area contributed by atoms with E-state index in [0.717, 1.165) is 34.5 Å². The van der Waals surface area contributed by atoms with Gasteiger partial charge in [0.05, 0.1) is 29.6 Å². The molecule has 0 saturated carbocycles. The van der Waals surface area contributed by atoms with Gasteiger partial charge in [0.15, 0.2) is 0 Å². The molecule has 0 bridgehead atoms. The molecule has 0 aliphatic heterocycles. The SMILES string of the molecule is CCn1c(-c2cccc(NC(=O)OCC(C)C)c2)c(N)c2ccc(OC(C)C)cc21. The molecular weight excluding hydrogens is 378 g/mol. The first-order valence-electron chi connectivity index (χ1n) is 10.4. The molecule has 0 unspecified atom stereocenters. The molecule has 1 aromatic heterocycles. The summed E-state index contributed by atoms with van der Waals surface area (Å²) in [5.74, 6) is 1.10. The van der Waals surface area contributed by atoms with Gasteiger partial charge >= 0.3 is 6.09 Å². The van der Waals surface area contributed by atoms with Crippen LogP contribution in [0.15, 0.2) is 42.5 Å². The Morgan fingerprint density at radius 2 is 1.90 bits per heavy atom. The van der Waals surface area contributed by atoms with Crippen molar-refractivity contribution in [1.82, 2.24) is 4.57 Å². The Kier molecular flexibility index (Phi) is 6.55. The molecule has 1 heterocycles. The number of nitrogens with two attached hydrogens (primary N) is 1. The molecule has 0 spiro atoms. The van der Waals surface area contributed by atoms with Crippen molar-refractivity contribution >= 4 is 28.4 Å². The molecule has 0 saturated heterocycles. The van der Waals surface area contributed by atoms with Gasteiger partial charge in [-0.15, -0.1) is 0 Å². The van der Waals surface area contributed by atoms with Gasteiger partial charge in [0.2, 0.25) is 0 Å². The zero-order valence-electron chi connectivity index (χ0n) is 18.4. The van der Waals surface area contributed by atoms with E-state index >= 15 is 0 Å². The lowest BCUT2D eigenvalue weighted by atomic mass is 10.1. The van der Waals surface area contributed by atoms with Crippen molar-refractivity contribution in [3.05, 3.63) is 42.5 Å². The van der Waals surface area contributed by atoms with Gasteiger partial charge in [-0.05, 0) is 51.0 Å². The van der Waals surface area contributed by atoms with Crippen LogP contribution in [-0.4, -0.2) is 23.4 Å². The lowest BCUT2D eigenvalue weighted by molar-refractivity contribution is 0.147. The molecule has 0 fully saturated rings. The summed E-state index contributed by atoms with van der Waals surface area (Å²) >= 11 is 0. The van der Waals surface area contributed by atoms with Crippen LogP contribution in [0.4, 0.5) is 16.2 Å². The fourth-order valence-corrected chi connectivity index (χ4v) is 3.48. The van der Waals surface area contributed by atoms with Crippen LogP contribution in [0.3, 0.4) is 0 Å². The molecular formula is C24H31N3O3. The molecule has 2 aromatic carbocycles. The number of anilines is 2. The molecule has 3 rings (SSSR count). The summed E-state index contributed by atoms with van der Waals surface area (Å²) in [5, 5.41) is 3.78. The number of carbonyl (C=O) groups excluding carboxylic acids is 1. The molecule has 0 aliphatic carbocycles. The molecule has 0 aliphatic rings. The van der Waals surface area contributed by atoms with Gasteiger partial charge in [-0.2, -0.15) is 0 Å². The Morgan fingerprint density at radius 1 is 1.13 bits per heavy atom. The zero-order valence-corrected chi connectivity index (χ0v) is 18.4. The van der Waals surface area contributed by atoms with Crippen molar-refractivity contribution in [2.45, 2.75) is 47.3 Å². The molecule has 6 nitrogen and oxygen atoms in total. The highest BCUT2D eigenvalue weighted by Crippen LogP contribution is 2.38. The fraction of sp³-hybridized carbons (Fsp3) is 0.375. The normalized spacial score (nSPS) is 11.3. The van der Waals surface area contributed by atoms with Gasteiger partial charge in [-0.3, -0.25) is 5.32 Å². The zero-order chi connectivity index (χ0) is 21.8. The van der Waals surface area contributed by atoms with Gasteiger partial charge in [-0.1, -0.05) is 26.0 Å². The minimum atomic E-state index is -0.458. The van der Waals surface area contributed by atoms with E-state index in [1.807, 2.05) is 70.2 Å². The average molecular weight is 410 g/mol. The van der Waals surface area contributed by atoms with Crippen molar-refractivity contribution in [2.75, 3.05) is 17.7 Å². The van der Waals surface area contributed by atoms with Crippen molar-refractivity contribution in [2.24, 2.45) is 5.92 Å². The van der Waals surface area contributed by atoms with E-state index in [1.165, 1.54) is 0 Å². The summed E-state index contributed by atoms with van der Waals surface area (Å²) in [6.45, 7) is 11.2. The van der Waals surface area contributed by atoms with Crippen LogP contribution in [0.1, 0.15) is 34.6 Å². The summed E-state index contributed by atoms with van der Waals surface area (Å²) in [6.07, 6.45) is -0.358. The highest BCUT2D eigenvalue weighted by Gasteiger charge is 2.17. The van der Waals surface area contributed by atoms with E-state index in [4.69, 9.17) is 15.2 Å². The van der Waals surface area contributed by atoms with E-state index < -0.39 is 6.09 Å². The number of aryl methyl sites for hydroxylation is 1. The van der Waals surface area contributed by atoms with Crippen LogP contribution in [0.5, 0.6) is 5.75 Å². The number of nitrogens with one attached hydrogen (secondary N) is 1. The van der Waals surface area contributed by atoms with Gasteiger partial charge in [-0.25, -0.2) is 4.79 Å². The van der Waals surface area contributed by atoms with Crippen LogP contribution in [0.25, 0.3) is 22.2 Å². The topological polar surface area (TPSA) is 78.5 Å². The first-order chi connectivity index (χ1) is 14.3. The van der Waals surface area contributed by atoms with Crippen molar-refractivity contribution in [3.8, 4) is 17.0 Å². The third kappa shape index (κ3) is 4.70. The maximum Gasteiger partial charge on any atom is 0.411 e. The Labute approximate surface area is 178 Å². The number of benzene rings is 2. The molecule has 0 radical (unpaired) electrons. The number of hydrogen-bond acceptors (Lipinski definition) is 4. The van der Waals surface area contributed by atoms with Gasteiger partial charge in [0, 0.05) is 29.2 Å². The van der Waals surface area contributed by atoms with Crippen LogP contribution in [-0.2, 0) is 11.3 Å². The quantitative estimate of drug-likeness (QED) is 0.509. The van der Waals surface area contributed by atoms with E-state index in [0.29, 0.717) is 18.0 Å². The number of rotatable bonds is 7. The monoisotopic (exact) mass is 409 g/mol. The number of nitrogens with zero attached hydrogens (tertiary/aromatic N) is 1. The third-order valence-electron chi connectivity index (χ3n) is 4.69. The lowest BCUT2D eigenvalue weighted by Gasteiger charge is -2.13. The highest BCUT2D eigenvalue weighted by molar-refractivity contribution is 6.02. The van der Waals surface area contributed by atoms with Gasteiger partial charge in [0.1, 0.15) is 5.75 Å². The maximum atomic E-state index is 12.0. The predicted octanol–water partition coefficient (Wildman–Crippen LogP) is 5.90. The summed E-state index contributed by atoms with van der Waals surface area (Å²) < 4.78 is 13.3. The second kappa shape index (κ2) is 9.11. The van der Waals surface area contributed by atoms with E-state index in [1.54, 1.807) is 0 Å². The smallest absolute Gasteiger partial charge is 0.411 e. The Hall–Kier alpha value is -3.15. The standard InChI is InChI=1S/C24H31N3O3/c1-6-27-21-13-19(30-16(4)5)10-11-20(21)22(25)23(27)17-8-7-9-18(12-17)26-24(28)29-14-15(2)3/h7-13,15-16H,6,14,25H2,1-5H3,(H,26,28). The Balaban J connectivity index is 1.98. The minimum Gasteiger partial charge on any atom is -0.491 e. The lowest BCUT2D eigenvalue weighted by Crippen LogP contribution is -2.16. The third-order valence-corrected chi connectivity index (χ3v) is 4.69. The number of ether oxygens (including phenoxy) is 2. The number of hydrogen-bond donors (Lipinski definition) is 2. The number of aromatic nitrogens is 1. The maximum absolute atomic E-state index is 12.0. The first-order valence-corrected chi connectivity index (χ1v) is 10.4. The molecule has 160 valence electrons. The first kappa shape index (κ1) is 21.6. The van der Waals surface area contributed by atoms with Crippen molar-refractivity contribution in [1.29, 1.82) is 0 Å². The fourth-order valence-electron chi connectivity index (χ4n) is 3.48. The summed E-state index contributed by atoms with van der Waals surface area (Å²) in [5.41, 5.74) is 10.8. The molecule has 1 amide bonds. The van der Waals surface area contributed by atoms with Crippen LogP contribution < -0.4 is 15.8 Å². The minimum absolute atomic E-state index is 0.0995. The summed E-state index contributed by atoms with van der Waals surface area (Å²) in [6, 6.07) is 13.6. The second-order valence-electron chi connectivity index (χ2n) is 8.05. The van der Waals surface area contributed by atoms with Crippen molar-refractivity contribution < 1.29 is 14.3 Å². The van der Waals surface area contributed by atoms with Gasteiger partial charge in [0.25, 0.3) is 0 Å². The number of fused-ring (bicyclic) bond motifs is 1. The number of carbonyl (C=O) groups is 1.